The van der Waals surface area contributed by atoms with Gasteiger partial charge in [-0.25, -0.2) is 0 Å². The minimum Gasteiger partial charge on any atom is -0.0984 e. The minimum absolute atomic E-state index is 0.0467. The zero-order valence-corrected chi connectivity index (χ0v) is 13.6. The Morgan fingerprint density at radius 2 is 1.30 bits per heavy atom. The summed E-state index contributed by atoms with van der Waals surface area (Å²) in [5.41, 5.74) is 9.36. The van der Waals surface area contributed by atoms with Gasteiger partial charge in [0.1, 0.15) is 0 Å². The van der Waals surface area contributed by atoms with Gasteiger partial charge < -0.3 is 0 Å². The first-order valence-electron chi connectivity index (χ1n) is 8.10. The Hall–Kier alpha value is -2.60. The monoisotopic (exact) mass is 296 g/mol. The number of hydrogen-bond acceptors (Lipinski definition) is 0. The van der Waals surface area contributed by atoms with E-state index in [1.165, 1.54) is 38.9 Å². The Morgan fingerprint density at radius 3 is 2.09 bits per heavy atom. The van der Waals surface area contributed by atoms with Crippen molar-refractivity contribution in [2.75, 3.05) is 0 Å². The molecular weight excluding hydrogens is 276 g/mol. The van der Waals surface area contributed by atoms with Gasteiger partial charge in [0, 0.05) is 5.41 Å². The van der Waals surface area contributed by atoms with Crippen LogP contribution in [-0.4, -0.2) is 0 Å². The summed E-state index contributed by atoms with van der Waals surface area (Å²) >= 11 is 0. The van der Waals surface area contributed by atoms with Crippen molar-refractivity contribution in [3.05, 3.63) is 90.0 Å². The SMILES string of the molecule is C=Cc1ccccc1-c1cccc2c1-c1ccccc1C2(C)C. The predicted octanol–water partition coefficient (Wildman–Crippen LogP) is 6.30. The van der Waals surface area contributed by atoms with E-state index in [9.17, 15) is 0 Å². The summed E-state index contributed by atoms with van der Waals surface area (Å²) in [5.74, 6) is 0. The Bertz CT molecular complexity index is 913. The molecular formula is C23H20. The lowest BCUT2D eigenvalue weighted by Crippen LogP contribution is -2.14. The fourth-order valence-corrected chi connectivity index (χ4v) is 3.90. The normalized spacial score (nSPS) is 14.2. The van der Waals surface area contributed by atoms with Crippen LogP contribution in [0, 0.1) is 0 Å². The molecule has 0 aromatic heterocycles. The summed E-state index contributed by atoms with van der Waals surface area (Å²) in [5, 5.41) is 0. The van der Waals surface area contributed by atoms with Crippen molar-refractivity contribution in [1.29, 1.82) is 0 Å². The van der Waals surface area contributed by atoms with Crippen LogP contribution in [0.2, 0.25) is 0 Å². The van der Waals surface area contributed by atoms with E-state index in [1.54, 1.807) is 0 Å². The molecule has 0 aliphatic heterocycles. The topological polar surface area (TPSA) is 0 Å². The minimum atomic E-state index is 0.0467. The van der Waals surface area contributed by atoms with Crippen LogP contribution in [0.3, 0.4) is 0 Å². The lowest BCUT2D eigenvalue weighted by atomic mass is 9.82. The van der Waals surface area contributed by atoms with Crippen LogP contribution < -0.4 is 0 Å². The van der Waals surface area contributed by atoms with Crippen molar-refractivity contribution < 1.29 is 0 Å². The van der Waals surface area contributed by atoms with E-state index in [1.807, 2.05) is 6.08 Å². The van der Waals surface area contributed by atoms with Crippen molar-refractivity contribution >= 4 is 6.08 Å². The first kappa shape index (κ1) is 14.0. The van der Waals surface area contributed by atoms with E-state index in [4.69, 9.17) is 0 Å². The molecule has 0 nitrogen and oxygen atoms in total. The third-order valence-corrected chi connectivity index (χ3v) is 5.08. The number of hydrogen-bond donors (Lipinski definition) is 0. The summed E-state index contributed by atoms with van der Waals surface area (Å²) < 4.78 is 0. The summed E-state index contributed by atoms with van der Waals surface area (Å²) in [6.45, 7) is 8.62. The standard InChI is InChI=1S/C23H20/c1-4-16-10-5-6-11-17(16)18-13-9-15-21-22(18)19-12-7-8-14-20(19)23(21,2)3/h4-15H,1H2,2-3H3. The molecule has 3 aromatic rings. The maximum Gasteiger partial charge on any atom is 0.0159 e. The highest BCUT2D eigenvalue weighted by Gasteiger charge is 2.36. The maximum atomic E-state index is 3.98. The molecule has 1 aliphatic carbocycles. The van der Waals surface area contributed by atoms with Crippen LogP contribution in [0.15, 0.2) is 73.3 Å². The number of fused-ring (bicyclic) bond motifs is 3. The molecule has 3 aromatic carbocycles. The van der Waals surface area contributed by atoms with Gasteiger partial charge in [0.2, 0.25) is 0 Å². The highest BCUT2D eigenvalue weighted by atomic mass is 14.4. The molecule has 0 atom stereocenters. The quantitative estimate of drug-likeness (QED) is 0.520. The van der Waals surface area contributed by atoms with Crippen molar-refractivity contribution in [2.24, 2.45) is 0 Å². The summed E-state index contributed by atoms with van der Waals surface area (Å²) in [7, 11) is 0. The predicted molar refractivity (Wildman–Crippen MR) is 99.5 cm³/mol. The van der Waals surface area contributed by atoms with Gasteiger partial charge in [-0.05, 0) is 38.9 Å². The van der Waals surface area contributed by atoms with Crippen molar-refractivity contribution in [3.63, 3.8) is 0 Å². The molecule has 0 amide bonds. The Morgan fingerprint density at radius 1 is 0.696 bits per heavy atom. The molecule has 1 aliphatic rings. The average Bonchev–Trinajstić information content (AvgIpc) is 2.83. The molecule has 0 heteroatoms. The molecule has 4 rings (SSSR count). The first-order valence-corrected chi connectivity index (χ1v) is 8.10. The molecule has 0 radical (unpaired) electrons. The Labute approximate surface area is 138 Å². The van der Waals surface area contributed by atoms with Crippen LogP contribution >= 0.6 is 0 Å². The van der Waals surface area contributed by atoms with Crippen LogP contribution in [0.25, 0.3) is 28.3 Å². The van der Waals surface area contributed by atoms with E-state index in [2.05, 4.69) is 87.2 Å². The maximum absolute atomic E-state index is 3.98. The van der Waals surface area contributed by atoms with Gasteiger partial charge in [-0.2, -0.15) is 0 Å². The van der Waals surface area contributed by atoms with E-state index in [0.29, 0.717) is 0 Å². The molecule has 0 heterocycles. The molecule has 0 bridgehead atoms. The van der Waals surface area contributed by atoms with Crippen molar-refractivity contribution in [2.45, 2.75) is 19.3 Å². The third-order valence-electron chi connectivity index (χ3n) is 5.08. The van der Waals surface area contributed by atoms with Gasteiger partial charge in [0.25, 0.3) is 0 Å². The highest BCUT2D eigenvalue weighted by molar-refractivity contribution is 5.94. The van der Waals surface area contributed by atoms with Gasteiger partial charge >= 0.3 is 0 Å². The third kappa shape index (κ3) is 1.91. The van der Waals surface area contributed by atoms with Crippen LogP contribution in [0.5, 0.6) is 0 Å². The Balaban J connectivity index is 2.09. The first-order chi connectivity index (χ1) is 11.1. The average molecular weight is 296 g/mol. The summed E-state index contributed by atoms with van der Waals surface area (Å²) in [6.07, 6.45) is 1.95. The van der Waals surface area contributed by atoms with E-state index in [0.717, 1.165) is 0 Å². The summed E-state index contributed by atoms with van der Waals surface area (Å²) in [4.78, 5) is 0. The van der Waals surface area contributed by atoms with Gasteiger partial charge in [-0.15, -0.1) is 0 Å². The largest absolute Gasteiger partial charge is 0.0984 e. The lowest BCUT2D eigenvalue weighted by molar-refractivity contribution is 0.660. The lowest BCUT2D eigenvalue weighted by Gasteiger charge is -2.21. The second-order valence-electron chi connectivity index (χ2n) is 6.69. The molecule has 0 saturated carbocycles. The number of benzene rings is 3. The smallest absolute Gasteiger partial charge is 0.0159 e. The fraction of sp³-hybridized carbons (Fsp3) is 0.130. The van der Waals surface area contributed by atoms with Crippen LogP contribution in [0.4, 0.5) is 0 Å². The second-order valence-corrected chi connectivity index (χ2v) is 6.69. The Kier molecular flexibility index (Phi) is 3.02. The second kappa shape index (κ2) is 4.96. The molecule has 0 fully saturated rings. The molecule has 0 N–H and O–H groups in total. The molecule has 23 heavy (non-hydrogen) atoms. The van der Waals surface area contributed by atoms with E-state index >= 15 is 0 Å². The van der Waals surface area contributed by atoms with E-state index < -0.39 is 0 Å². The van der Waals surface area contributed by atoms with E-state index in [-0.39, 0.29) is 5.41 Å². The van der Waals surface area contributed by atoms with Crippen LogP contribution in [-0.2, 0) is 5.41 Å². The fourth-order valence-electron chi connectivity index (χ4n) is 3.90. The van der Waals surface area contributed by atoms with Crippen LogP contribution in [0.1, 0.15) is 30.5 Å². The van der Waals surface area contributed by atoms with Gasteiger partial charge in [0.15, 0.2) is 0 Å². The molecule has 0 spiro atoms. The summed E-state index contributed by atoms with van der Waals surface area (Å²) in [6, 6.07) is 24.0. The molecule has 112 valence electrons. The van der Waals surface area contributed by atoms with Crippen molar-refractivity contribution in [1.82, 2.24) is 0 Å². The zero-order chi connectivity index (χ0) is 16.0. The van der Waals surface area contributed by atoms with Crippen molar-refractivity contribution in [3.8, 4) is 22.3 Å². The molecule has 0 saturated heterocycles. The molecule has 0 unspecified atom stereocenters. The number of rotatable bonds is 2. The van der Waals surface area contributed by atoms with Gasteiger partial charge in [-0.3, -0.25) is 0 Å². The van der Waals surface area contributed by atoms with Gasteiger partial charge in [0.05, 0.1) is 0 Å². The zero-order valence-electron chi connectivity index (χ0n) is 13.6. The van der Waals surface area contributed by atoms with Gasteiger partial charge in [-0.1, -0.05) is 93.2 Å². The highest BCUT2D eigenvalue weighted by Crippen LogP contribution is 2.52.